The summed E-state index contributed by atoms with van der Waals surface area (Å²) in [6.45, 7) is 4.38. The molecule has 3 N–H and O–H groups in total. The summed E-state index contributed by atoms with van der Waals surface area (Å²) >= 11 is 0. The molecule has 0 unspecified atom stereocenters. The quantitative estimate of drug-likeness (QED) is 0.863. The Bertz CT molecular complexity index is 722. The number of aryl methyl sites for hydroxylation is 2. The number of anilines is 2. The molecule has 0 spiro atoms. The second-order valence-electron chi connectivity index (χ2n) is 5.82. The number of rotatable bonds is 3. The number of aliphatic hydroxyl groups excluding tert-OH is 1. The van der Waals surface area contributed by atoms with Crippen LogP contribution in [0.4, 0.5) is 11.6 Å². The molecule has 2 heterocycles. The van der Waals surface area contributed by atoms with Crippen LogP contribution in [-0.4, -0.2) is 50.4 Å². The standard InChI is InChI=1S/C9H15N3.C9H11N3.CH4O/c2*1-7-8(6-10)4-5-9(11-7)12(2)3;1-2/h4-5H,6,10H2,1-3H3;4-5H,1-3H3;2H,1H3. The van der Waals surface area contributed by atoms with Gasteiger partial charge in [0.2, 0.25) is 0 Å². The first kappa shape index (κ1) is 23.3. The Kier molecular flexibility index (Phi) is 10.6. The lowest BCUT2D eigenvalue weighted by atomic mass is 10.2. The number of nitrogens with two attached hydrogens (primary N) is 1. The van der Waals surface area contributed by atoms with Gasteiger partial charge < -0.3 is 20.6 Å². The monoisotopic (exact) mass is 358 g/mol. The average molecular weight is 358 g/mol. The van der Waals surface area contributed by atoms with Gasteiger partial charge in [-0.3, -0.25) is 0 Å². The van der Waals surface area contributed by atoms with Crippen LogP contribution >= 0.6 is 0 Å². The molecule has 7 nitrogen and oxygen atoms in total. The lowest BCUT2D eigenvalue weighted by Gasteiger charge is -2.12. The van der Waals surface area contributed by atoms with Gasteiger partial charge in [-0.2, -0.15) is 5.26 Å². The van der Waals surface area contributed by atoms with Gasteiger partial charge in [0, 0.05) is 47.5 Å². The summed E-state index contributed by atoms with van der Waals surface area (Å²) in [6.07, 6.45) is 0. The van der Waals surface area contributed by atoms with Gasteiger partial charge >= 0.3 is 0 Å². The molecule has 0 aliphatic carbocycles. The van der Waals surface area contributed by atoms with Gasteiger partial charge in [-0.05, 0) is 37.6 Å². The molecule has 2 rings (SSSR count). The first-order valence-corrected chi connectivity index (χ1v) is 8.13. The van der Waals surface area contributed by atoms with Crippen molar-refractivity contribution in [1.82, 2.24) is 9.97 Å². The Balaban J connectivity index is 0.000000439. The van der Waals surface area contributed by atoms with E-state index in [-0.39, 0.29) is 0 Å². The third kappa shape index (κ3) is 7.05. The predicted octanol–water partition coefficient (Wildman–Crippen LogP) is 1.85. The number of aliphatic hydroxyl groups is 1. The largest absolute Gasteiger partial charge is 0.400 e. The van der Waals surface area contributed by atoms with E-state index in [0.29, 0.717) is 12.1 Å². The van der Waals surface area contributed by atoms with Crippen molar-refractivity contribution in [2.75, 3.05) is 45.1 Å². The molecule has 0 saturated carbocycles. The fourth-order valence-electron chi connectivity index (χ4n) is 1.96. The normalized spacial score (nSPS) is 9.08. The zero-order valence-electron chi connectivity index (χ0n) is 16.8. The molecule has 0 aromatic carbocycles. The summed E-state index contributed by atoms with van der Waals surface area (Å²) in [4.78, 5) is 12.5. The molecule has 0 fully saturated rings. The molecule has 0 saturated heterocycles. The predicted molar refractivity (Wildman–Crippen MR) is 107 cm³/mol. The van der Waals surface area contributed by atoms with Gasteiger partial charge in [0.25, 0.3) is 0 Å². The maximum absolute atomic E-state index is 8.64. The van der Waals surface area contributed by atoms with Crippen LogP contribution in [0.25, 0.3) is 0 Å². The molecular formula is C19H30N6O. The third-order valence-corrected chi connectivity index (χ3v) is 3.51. The van der Waals surface area contributed by atoms with Gasteiger partial charge in [-0.15, -0.1) is 0 Å². The Morgan fingerprint density at radius 2 is 1.38 bits per heavy atom. The highest BCUT2D eigenvalue weighted by Gasteiger charge is 2.01. The first-order chi connectivity index (χ1) is 12.3. The highest BCUT2D eigenvalue weighted by molar-refractivity contribution is 5.43. The van der Waals surface area contributed by atoms with E-state index in [1.807, 2.05) is 70.0 Å². The van der Waals surface area contributed by atoms with Crippen molar-refractivity contribution in [2.24, 2.45) is 5.73 Å². The number of aromatic nitrogens is 2. The first-order valence-electron chi connectivity index (χ1n) is 8.13. The number of hydrogen-bond acceptors (Lipinski definition) is 7. The maximum Gasteiger partial charge on any atom is 0.128 e. The second kappa shape index (κ2) is 11.8. The molecule has 0 radical (unpaired) electrons. The van der Waals surface area contributed by atoms with E-state index >= 15 is 0 Å². The molecule has 2 aromatic rings. The van der Waals surface area contributed by atoms with Crippen LogP contribution in [-0.2, 0) is 6.54 Å². The minimum Gasteiger partial charge on any atom is -0.400 e. The fraction of sp³-hybridized carbons (Fsp3) is 0.421. The second-order valence-corrected chi connectivity index (χ2v) is 5.82. The number of nitriles is 1. The van der Waals surface area contributed by atoms with Crippen LogP contribution in [0.3, 0.4) is 0 Å². The van der Waals surface area contributed by atoms with E-state index in [1.54, 1.807) is 6.07 Å². The van der Waals surface area contributed by atoms with Crippen LogP contribution in [0.1, 0.15) is 22.5 Å². The highest BCUT2D eigenvalue weighted by Crippen LogP contribution is 2.12. The summed E-state index contributed by atoms with van der Waals surface area (Å²) in [5.41, 5.74) is 9.07. The SMILES string of the molecule is CO.Cc1nc(N(C)C)ccc1C#N.Cc1nc(N(C)C)ccc1CN. The van der Waals surface area contributed by atoms with Gasteiger partial charge in [0.05, 0.1) is 11.3 Å². The molecule has 2 aromatic heterocycles. The molecule has 0 atom stereocenters. The van der Waals surface area contributed by atoms with E-state index in [1.165, 1.54) is 0 Å². The zero-order chi connectivity index (χ0) is 20.3. The van der Waals surface area contributed by atoms with Crippen LogP contribution in [0.2, 0.25) is 0 Å². The number of pyridine rings is 2. The van der Waals surface area contributed by atoms with Crippen molar-refractivity contribution < 1.29 is 5.11 Å². The maximum atomic E-state index is 8.64. The Morgan fingerprint density at radius 1 is 0.923 bits per heavy atom. The van der Waals surface area contributed by atoms with Gasteiger partial charge in [0.1, 0.15) is 17.7 Å². The molecule has 0 aliphatic rings. The molecule has 0 bridgehead atoms. The smallest absolute Gasteiger partial charge is 0.128 e. The summed E-state index contributed by atoms with van der Waals surface area (Å²) in [7, 11) is 8.80. The van der Waals surface area contributed by atoms with Crippen LogP contribution in [0.15, 0.2) is 24.3 Å². The third-order valence-electron chi connectivity index (χ3n) is 3.51. The Morgan fingerprint density at radius 3 is 1.73 bits per heavy atom. The van der Waals surface area contributed by atoms with Crippen molar-refractivity contribution >= 4 is 11.6 Å². The topological polar surface area (TPSA) is 102 Å². The van der Waals surface area contributed by atoms with Crippen molar-refractivity contribution in [1.29, 1.82) is 5.26 Å². The van der Waals surface area contributed by atoms with Gasteiger partial charge in [0.15, 0.2) is 0 Å². The summed E-state index contributed by atoms with van der Waals surface area (Å²) < 4.78 is 0. The fourth-order valence-corrected chi connectivity index (χ4v) is 1.96. The van der Waals surface area contributed by atoms with Crippen molar-refractivity contribution in [3.05, 3.63) is 46.8 Å². The van der Waals surface area contributed by atoms with Gasteiger partial charge in [-0.1, -0.05) is 6.07 Å². The lowest BCUT2D eigenvalue weighted by molar-refractivity contribution is 0.399. The molecule has 142 valence electrons. The molecule has 0 aliphatic heterocycles. The van der Waals surface area contributed by atoms with E-state index in [4.69, 9.17) is 16.1 Å². The summed E-state index contributed by atoms with van der Waals surface area (Å²) in [5, 5.41) is 15.6. The zero-order valence-corrected chi connectivity index (χ0v) is 16.8. The van der Waals surface area contributed by atoms with E-state index in [0.717, 1.165) is 35.7 Å². The number of hydrogen-bond donors (Lipinski definition) is 2. The van der Waals surface area contributed by atoms with Crippen molar-refractivity contribution in [2.45, 2.75) is 20.4 Å². The summed E-state index contributed by atoms with van der Waals surface area (Å²) in [5.74, 6) is 1.86. The highest BCUT2D eigenvalue weighted by atomic mass is 16.2. The van der Waals surface area contributed by atoms with Crippen molar-refractivity contribution in [3.8, 4) is 6.07 Å². The summed E-state index contributed by atoms with van der Waals surface area (Å²) in [6, 6.07) is 9.72. The lowest BCUT2D eigenvalue weighted by Crippen LogP contribution is -2.12. The van der Waals surface area contributed by atoms with Crippen LogP contribution < -0.4 is 15.5 Å². The van der Waals surface area contributed by atoms with Gasteiger partial charge in [-0.25, -0.2) is 9.97 Å². The minimum atomic E-state index is 0.562. The van der Waals surface area contributed by atoms with E-state index in [9.17, 15) is 0 Å². The molecular weight excluding hydrogens is 328 g/mol. The Hall–Kier alpha value is -2.69. The average Bonchev–Trinajstić information content (AvgIpc) is 2.63. The van der Waals surface area contributed by atoms with Crippen LogP contribution in [0.5, 0.6) is 0 Å². The molecule has 0 amide bonds. The van der Waals surface area contributed by atoms with Crippen molar-refractivity contribution in [3.63, 3.8) is 0 Å². The minimum absolute atomic E-state index is 0.562. The molecule has 26 heavy (non-hydrogen) atoms. The Labute approximate surface area is 156 Å². The van der Waals surface area contributed by atoms with E-state index in [2.05, 4.69) is 16.0 Å². The van der Waals surface area contributed by atoms with E-state index < -0.39 is 0 Å². The molecule has 7 heteroatoms. The number of nitrogens with zero attached hydrogens (tertiary/aromatic N) is 5. The van der Waals surface area contributed by atoms with Crippen LogP contribution in [0, 0.1) is 25.2 Å².